The fourth-order valence-corrected chi connectivity index (χ4v) is 2.57. The van der Waals surface area contributed by atoms with Gasteiger partial charge in [-0.25, -0.2) is 0 Å². The maximum Gasteiger partial charge on any atom is 0.231 e. The largest absolute Gasteiger partial charge is 0.497 e. The van der Waals surface area contributed by atoms with E-state index in [1.165, 1.54) is 52.7 Å². The van der Waals surface area contributed by atoms with Crippen molar-refractivity contribution in [3.63, 3.8) is 0 Å². The van der Waals surface area contributed by atoms with Gasteiger partial charge in [-0.1, -0.05) is 0 Å². The van der Waals surface area contributed by atoms with Crippen molar-refractivity contribution in [1.82, 2.24) is 0 Å². The van der Waals surface area contributed by atoms with Crippen LogP contribution >= 0.6 is 0 Å². The molecule has 0 saturated heterocycles. The van der Waals surface area contributed by atoms with E-state index in [0.717, 1.165) is 0 Å². The van der Waals surface area contributed by atoms with Gasteiger partial charge in [-0.2, -0.15) is 0 Å². The van der Waals surface area contributed by atoms with Crippen LogP contribution in [0.4, 0.5) is 0 Å². The van der Waals surface area contributed by atoms with Crippen LogP contribution in [0.25, 0.3) is 0 Å². The third-order valence-electron chi connectivity index (χ3n) is 4.20. The summed E-state index contributed by atoms with van der Waals surface area (Å²) in [5, 5.41) is 0. The molecule has 0 saturated carbocycles. The molecule has 0 aliphatic heterocycles. The van der Waals surface area contributed by atoms with E-state index in [-0.39, 0.29) is 11.1 Å². The lowest BCUT2D eigenvalue weighted by Crippen LogP contribution is -2.25. The zero-order valence-corrected chi connectivity index (χ0v) is 17.6. The number of ketones is 4. The molecule has 0 spiro atoms. The Labute approximate surface area is 178 Å². The van der Waals surface area contributed by atoms with Gasteiger partial charge in [0, 0.05) is 23.3 Å². The van der Waals surface area contributed by atoms with Gasteiger partial charge >= 0.3 is 0 Å². The highest BCUT2D eigenvalue weighted by molar-refractivity contribution is 6.45. The first-order valence-corrected chi connectivity index (χ1v) is 9.01. The first kappa shape index (κ1) is 23.6. The Kier molecular flexibility index (Phi) is 8.27. The first-order chi connectivity index (χ1) is 14.8. The SMILES string of the molecule is COc1cc(OC)cc(C(=O)C(=O)COCC(=O)C(=O)c2cc(OC)cc(OC)c2)c1. The Morgan fingerprint density at radius 1 is 0.548 bits per heavy atom. The molecule has 164 valence electrons. The Balaban J connectivity index is 1.98. The highest BCUT2D eigenvalue weighted by Crippen LogP contribution is 2.24. The van der Waals surface area contributed by atoms with Gasteiger partial charge < -0.3 is 23.7 Å². The fourth-order valence-electron chi connectivity index (χ4n) is 2.57. The number of Topliss-reactive ketones (excluding diaryl/α,β-unsaturated/α-hetero) is 4. The molecule has 9 heteroatoms. The number of benzene rings is 2. The molecule has 0 aromatic heterocycles. The van der Waals surface area contributed by atoms with Crippen molar-refractivity contribution in [1.29, 1.82) is 0 Å². The van der Waals surface area contributed by atoms with E-state index >= 15 is 0 Å². The summed E-state index contributed by atoms with van der Waals surface area (Å²) >= 11 is 0. The number of rotatable bonds is 12. The topological polar surface area (TPSA) is 114 Å². The van der Waals surface area contributed by atoms with E-state index in [1.807, 2.05) is 0 Å². The summed E-state index contributed by atoms with van der Waals surface area (Å²) in [5.41, 5.74) is 0.103. The van der Waals surface area contributed by atoms with Crippen molar-refractivity contribution in [2.45, 2.75) is 0 Å². The maximum atomic E-state index is 12.3. The van der Waals surface area contributed by atoms with Gasteiger partial charge in [0.25, 0.3) is 0 Å². The van der Waals surface area contributed by atoms with Gasteiger partial charge in [-0.3, -0.25) is 19.2 Å². The molecular weight excluding hydrogens is 408 g/mol. The van der Waals surface area contributed by atoms with E-state index < -0.39 is 36.3 Å². The molecule has 0 fully saturated rings. The maximum absolute atomic E-state index is 12.3. The zero-order chi connectivity index (χ0) is 23.0. The molecule has 9 nitrogen and oxygen atoms in total. The molecule has 2 aromatic carbocycles. The molecule has 0 unspecified atom stereocenters. The van der Waals surface area contributed by atoms with Crippen molar-refractivity contribution in [3.05, 3.63) is 47.5 Å². The number of ether oxygens (including phenoxy) is 5. The highest BCUT2D eigenvalue weighted by atomic mass is 16.5. The summed E-state index contributed by atoms with van der Waals surface area (Å²) in [6, 6.07) is 8.63. The van der Waals surface area contributed by atoms with Gasteiger partial charge in [0.2, 0.25) is 23.1 Å². The van der Waals surface area contributed by atoms with Crippen molar-refractivity contribution in [2.75, 3.05) is 41.7 Å². The number of carbonyl (C=O) groups excluding carboxylic acids is 4. The summed E-state index contributed by atoms with van der Waals surface area (Å²) in [7, 11) is 5.64. The van der Waals surface area contributed by atoms with Crippen LogP contribution in [0, 0.1) is 0 Å². The van der Waals surface area contributed by atoms with Crippen LogP contribution in [0.5, 0.6) is 23.0 Å². The molecule has 0 aliphatic carbocycles. The zero-order valence-electron chi connectivity index (χ0n) is 17.6. The van der Waals surface area contributed by atoms with E-state index in [0.29, 0.717) is 23.0 Å². The lowest BCUT2D eigenvalue weighted by molar-refractivity contribution is -0.124. The lowest BCUT2D eigenvalue weighted by atomic mass is 10.1. The second-order valence-corrected chi connectivity index (χ2v) is 6.20. The summed E-state index contributed by atoms with van der Waals surface area (Å²) in [4.78, 5) is 49.0. The summed E-state index contributed by atoms with van der Waals surface area (Å²) in [6.07, 6.45) is 0. The van der Waals surface area contributed by atoms with E-state index in [1.54, 1.807) is 12.1 Å². The highest BCUT2D eigenvalue weighted by Gasteiger charge is 2.22. The predicted octanol–water partition coefficient (Wildman–Crippen LogP) is 1.94. The van der Waals surface area contributed by atoms with E-state index in [9.17, 15) is 19.2 Å². The van der Waals surface area contributed by atoms with Crippen molar-refractivity contribution >= 4 is 23.1 Å². The molecule has 0 N–H and O–H groups in total. The predicted molar refractivity (Wildman–Crippen MR) is 109 cm³/mol. The fraction of sp³-hybridized carbons (Fsp3) is 0.273. The minimum absolute atomic E-state index is 0.0516. The molecule has 31 heavy (non-hydrogen) atoms. The molecule has 0 bridgehead atoms. The summed E-state index contributed by atoms with van der Waals surface area (Å²) < 4.78 is 25.3. The second-order valence-electron chi connectivity index (χ2n) is 6.20. The van der Waals surface area contributed by atoms with Crippen LogP contribution < -0.4 is 18.9 Å². The van der Waals surface area contributed by atoms with Gasteiger partial charge in [-0.05, 0) is 24.3 Å². The molecule has 2 aromatic rings. The number of hydrogen-bond acceptors (Lipinski definition) is 9. The quantitative estimate of drug-likeness (QED) is 0.368. The van der Waals surface area contributed by atoms with Crippen LogP contribution in [-0.2, 0) is 14.3 Å². The smallest absolute Gasteiger partial charge is 0.231 e. The molecule has 0 atom stereocenters. The minimum Gasteiger partial charge on any atom is -0.497 e. The van der Waals surface area contributed by atoms with Gasteiger partial charge in [0.15, 0.2) is 0 Å². The summed E-state index contributed by atoms with van der Waals surface area (Å²) in [5.74, 6) is -2.10. The van der Waals surface area contributed by atoms with Crippen molar-refractivity contribution in [2.24, 2.45) is 0 Å². The van der Waals surface area contributed by atoms with Crippen molar-refractivity contribution in [3.8, 4) is 23.0 Å². The molecule has 0 heterocycles. The van der Waals surface area contributed by atoms with Crippen LogP contribution in [0.3, 0.4) is 0 Å². The first-order valence-electron chi connectivity index (χ1n) is 9.01. The Hall–Kier alpha value is -3.72. The molecule has 2 rings (SSSR count). The van der Waals surface area contributed by atoms with E-state index in [2.05, 4.69) is 0 Å². The molecule has 0 aliphatic rings. The van der Waals surface area contributed by atoms with Crippen LogP contribution in [-0.4, -0.2) is 64.8 Å². The Morgan fingerprint density at radius 2 is 0.839 bits per heavy atom. The second kappa shape index (κ2) is 10.9. The minimum atomic E-state index is -0.890. The van der Waals surface area contributed by atoms with Gasteiger partial charge in [0.05, 0.1) is 28.4 Å². The lowest BCUT2D eigenvalue weighted by Gasteiger charge is -2.08. The number of hydrogen-bond donors (Lipinski definition) is 0. The van der Waals surface area contributed by atoms with Crippen LogP contribution in [0.2, 0.25) is 0 Å². The van der Waals surface area contributed by atoms with Gasteiger partial charge in [0.1, 0.15) is 36.2 Å². The van der Waals surface area contributed by atoms with Crippen molar-refractivity contribution < 1.29 is 42.9 Å². The Bertz CT molecular complexity index is 870. The number of methoxy groups -OCH3 is 4. The normalized spacial score (nSPS) is 10.2. The van der Waals surface area contributed by atoms with Crippen LogP contribution in [0.1, 0.15) is 20.7 Å². The van der Waals surface area contributed by atoms with Gasteiger partial charge in [-0.15, -0.1) is 0 Å². The monoisotopic (exact) mass is 430 g/mol. The average molecular weight is 430 g/mol. The molecule has 0 radical (unpaired) electrons. The third-order valence-corrected chi connectivity index (χ3v) is 4.20. The van der Waals surface area contributed by atoms with Crippen LogP contribution in [0.15, 0.2) is 36.4 Å². The third kappa shape index (κ3) is 6.13. The molecular formula is C22H22O9. The molecule has 0 amide bonds. The number of carbonyl (C=O) groups is 4. The van der Waals surface area contributed by atoms with E-state index in [4.69, 9.17) is 23.7 Å². The summed E-state index contributed by atoms with van der Waals surface area (Å²) in [6.45, 7) is -1.34. The average Bonchev–Trinajstić information content (AvgIpc) is 2.81. The Morgan fingerprint density at radius 3 is 1.10 bits per heavy atom. The standard InChI is InChI=1S/C22H22O9/c1-27-15-5-13(6-16(9-15)28-2)21(25)19(23)11-31-12-20(24)22(26)14-7-17(29-3)10-18(8-14)30-4/h5-10H,11-12H2,1-4H3.